The molecule has 1 fully saturated rings. The topological polar surface area (TPSA) is 36.4 Å². The number of hydrogen-bond donors (Lipinski definition) is 1. The van der Waals surface area contributed by atoms with Crippen LogP contribution in [0.25, 0.3) is 0 Å². The number of anilines is 1. The first-order valence-corrected chi connectivity index (χ1v) is 6.18. The van der Waals surface area contributed by atoms with Gasteiger partial charge in [0.2, 0.25) is 0 Å². The Hall–Kier alpha value is -0.800. The zero-order chi connectivity index (χ0) is 12.0. The van der Waals surface area contributed by atoms with Gasteiger partial charge in [-0.25, -0.2) is 4.98 Å². The van der Waals surface area contributed by atoms with Crippen molar-refractivity contribution in [3.05, 3.63) is 23.4 Å². The van der Waals surface area contributed by atoms with Gasteiger partial charge in [0.15, 0.2) is 0 Å². The standard InChI is InChI=1S/C10H13ClN2O.C2H6/c11-8-1-2-10(12-7-8)13-5-3-9(14)4-6-13;1-2/h1-2,7,9,14H,3-6H2;1-2H3. The summed E-state index contributed by atoms with van der Waals surface area (Å²) in [5.74, 6) is 0.946. The summed E-state index contributed by atoms with van der Waals surface area (Å²) in [6.07, 6.45) is 3.16. The van der Waals surface area contributed by atoms with Crippen LogP contribution in [0.4, 0.5) is 5.82 Å². The average Bonchev–Trinajstić information content (AvgIpc) is 2.34. The Morgan fingerprint density at radius 1 is 1.31 bits per heavy atom. The van der Waals surface area contributed by atoms with Gasteiger partial charge in [-0.1, -0.05) is 25.4 Å². The largest absolute Gasteiger partial charge is 0.393 e. The van der Waals surface area contributed by atoms with E-state index in [1.165, 1.54) is 0 Å². The molecule has 0 aromatic carbocycles. The second kappa shape index (κ2) is 6.71. The van der Waals surface area contributed by atoms with Crippen LogP contribution in [0.1, 0.15) is 26.7 Å². The van der Waals surface area contributed by atoms with Crippen molar-refractivity contribution in [2.45, 2.75) is 32.8 Å². The van der Waals surface area contributed by atoms with E-state index in [9.17, 15) is 5.11 Å². The van der Waals surface area contributed by atoms with Crippen molar-refractivity contribution in [3.8, 4) is 0 Å². The Morgan fingerprint density at radius 3 is 2.44 bits per heavy atom. The Balaban J connectivity index is 0.000000606. The molecule has 0 bridgehead atoms. The first-order valence-electron chi connectivity index (χ1n) is 5.80. The first kappa shape index (κ1) is 13.3. The van der Waals surface area contributed by atoms with Gasteiger partial charge >= 0.3 is 0 Å². The third kappa shape index (κ3) is 3.65. The highest BCUT2D eigenvalue weighted by Gasteiger charge is 2.17. The third-order valence-corrected chi connectivity index (χ3v) is 2.72. The lowest BCUT2D eigenvalue weighted by Gasteiger charge is -2.30. The lowest BCUT2D eigenvalue weighted by Crippen LogP contribution is -2.36. The van der Waals surface area contributed by atoms with Crippen LogP contribution >= 0.6 is 11.6 Å². The molecule has 0 unspecified atom stereocenters. The number of aliphatic hydroxyl groups is 1. The summed E-state index contributed by atoms with van der Waals surface area (Å²) >= 11 is 5.75. The number of aliphatic hydroxyl groups excluding tert-OH is 1. The molecule has 1 aromatic heterocycles. The first-order chi connectivity index (χ1) is 7.75. The van der Waals surface area contributed by atoms with Crippen LogP contribution in [0, 0.1) is 0 Å². The van der Waals surface area contributed by atoms with Crippen LogP contribution in [-0.2, 0) is 0 Å². The summed E-state index contributed by atoms with van der Waals surface area (Å²) in [5.41, 5.74) is 0. The highest BCUT2D eigenvalue weighted by Crippen LogP contribution is 2.18. The minimum absolute atomic E-state index is 0.140. The van der Waals surface area contributed by atoms with E-state index in [0.717, 1.165) is 31.7 Å². The van der Waals surface area contributed by atoms with E-state index in [2.05, 4.69) is 9.88 Å². The van der Waals surface area contributed by atoms with Crippen molar-refractivity contribution in [1.29, 1.82) is 0 Å². The molecule has 0 spiro atoms. The van der Waals surface area contributed by atoms with Crippen LogP contribution < -0.4 is 4.90 Å². The highest BCUT2D eigenvalue weighted by atomic mass is 35.5. The summed E-state index contributed by atoms with van der Waals surface area (Å²) in [4.78, 5) is 6.41. The molecule has 0 saturated carbocycles. The van der Waals surface area contributed by atoms with Crippen LogP contribution in [0.3, 0.4) is 0 Å². The summed E-state index contributed by atoms with van der Waals surface area (Å²) in [5, 5.41) is 10.0. The van der Waals surface area contributed by atoms with Gasteiger partial charge in [0, 0.05) is 19.3 Å². The predicted molar refractivity (Wildman–Crippen MR) is 68.0 cm³/mol. The van der Waals surface area contributed by atoms with Gasteiger partial charge in [-0.2, -0.15) is 0 Å². The molecule has 1 aromatic rings. The van der Waals surface area contributed by atoms with Crippen LogP contribution in [0.15, 0.2) is 18.3 Å². The number of piperidine rings is 1. The normalized spacial score (nSPS) is 16.6. The molecule has 0 amide bonds. The molecular weight excluding hydrogens is 224 g/mol. The van der Waals surface area contributed by atoms with Crippen LogP contribution in [0.2, 0.25) is 5.02 Å². The fraction of sp³-hybridized carbons (Fsp3) is 0.583. The lowest BCUT2D eigenvalue weighted by atomic mass is 10.1. The van der Waals surface area contributed by atoms with Gasteiger partial charge in [-0.05, 0) is 25.0 Å². The van der Waals surface area contributed by atoms with Gasteiger partial charge < -0.3 is 10.0 Å². The molecule has 1 aliphatic rings. The maximum atomic E-state index is 9.35. The molecule has 0 aliphatic carbocycles. The number of aromatic nitrogens is 1. The molecular formula is C12H19ClN2O. The SMILES string of the molecule is CC.OC1CCN(c2ccc(Cl)cn2)CC1. The minimum Gasteiger partial charge on any atom is -0.393 e. The van der Waals surface area contributed by atoms with Crippen molar-refractivity contribution in [3.63, 3.8) is 0 Å². The summed E-state index contributed by atoms with van der Waals surface area (Å²) in [6, 6.07) is 3.76. The van der Waals surface area contributed by atoms with E-state index in [0.29, 0.717) is 5.02 Å². The fourth-order valence-electron chi connectivity index (χ4n) is 1.65. The molecule has 0 atom stereocenters. The van der Waals surface area contributed by atoms with Gasteiger partial charge in [0.25, 0.3) is 0 Å². The van der Waals surface area contributed by atoms with E-state index in [4.69, 9.17) is 11.6 Å². The van der Waals surface area contributed by atoms with Crippen LogP contribution in [-0.4, -0.2) is 29.3 Å². The molecule has 3 nitrogen and oxygen atoms in total. The highest BCUT2D eigenvalue weighted by molar-refractivity contribution is 6.30. The van der Waals surface area contributed by atoms with Crippen molar-refractivity contribution >= 4 is 17.4 Å². The molecule has 1 saturated heterocycles. The Bertz CT molecular complexity index is 294. The summed E-state index contributed by atoms with van der Waals surface area (Å²) < 4.78 is 0. The molecule has 90 valence electrons. The molecule has 16 heavy (non-hydrogen) atoms. The molecule has 1 N–H and O–H groups in total. The minimum atomic E-state index is -0.140. The number of nitrogens with zero attached hydrogens (tertiary/aromatic N) is 2. The Labute approximate surface area is 102 Å². The quantitative estimate of drug-likeness (QED) is 0.823. The van der Waals surface area contributed by atoms with Crippen LogP contribution in [0.5, 0.6) is 0 Å². The van der Waals surface area contributed by atoms with E-state index in [-0.39, 0.29) is 6.10 Å². The Morgan fingerprint density at radius 2 is 1.94 bits per heavy atom. The Kier molecular flexibility index (Phi) is 5.56. The number of halogens is 1. The van der Waals surface area contributed by atoms with Crippen molar-refractivity contribution in [2.24, 2.45) is 0 Å². The summed E-state index contributed by atoms with van der Waals surface area (Å²) in [6.45, 7) is 5.74. The maximum Gasteiger partial charge on any atom is 0.128 e. The molecule has 1 aliphatic heterocycles. The monoisotopic (exact) mass is 242 g/mol. The van der Waals surface area contributed by atoms with Crippen molar-refractivity contribution in [1.82, 2.24) is 4.98 Å². The van der Waals surface area contributed by atoms with E-state index in [1.54, 1.807) is 6.20 Å². The lowest BCUT2D eigenvalue weighted by molar-refractivity contribution is 0.145. The van der Waals surface area contributed by atoms with E-state index >= 15 is 0 Å². The van der Waals surface area contributed by atoms with Crippen molar-refractivity contribution in [2.75, 3.05) is 18.0 Å². The second-order valence-electron chi connectivity index (χ2n) is 3.55. The number of rotatable bonds is 1. The summed E-state index contributed by atoms with van der Waals surface area (Å²) in [7, 11) is 0. The van der Waals surface area contributed by atoms with Gasteiger partial charge in [-0.15, -0.1) is 0 Å². The molecule has 2 heterocycles. The molecule has 4 heteroatoms. The van der Waals surface area contributed by atoms with Gasteiger partial charge in [-0.3, -0.25) is 0 Å². The smallest absolute Gasteiger partial charge is 0.128 e. The fourth-order valence-corrected chi connectivity index (χ4v) is 1.76. The van der Waals surface area contributed by atoms with Crippen molar-refractivity contribution < 1.29 is 5.11 Å². The average molecular weight is 243 g/mol. The second-order valence-corrected chi connectivity index (χ2v) is 3.99. The molecule has 2 rings (SSSR count). The number of hydrogen-bond acceptors (Lipinski definition) is 3. The third-order valence-electron chi connectivity index (χ3n) is 2.50. The van der Waals surface area contributed by atoms with E-state index < -0.39 is 0 Å². The van der Waals surface area contributed by atoms with Gasteiger partial charge in [0.1, 0.15) is 5.82 Å². The zero-order valence-corrected chi connectivity index (χ0v) is 10.6. The number of pyridine rings is 1. The zero-order valence-electron chi connectivity index (χ0n) is 9.86. The maximum absolute atomic E-state index is 9.35. The van der Waals surface area contributed by atoms with E-state index in [1.807, 2.05) is 26.0 Å². The van der Waals surface area contributed by atoms with Gasteiger partial charge in [0.05, 0.1) is 11.1 Å². The molecule has 0 radical (unpaired) electrons. The predicted octanol–water partition coefficient (Wildman–Crippen LogP) is 2.72.